The first-order chi connectivity index (χ1) is 12.7. The summed E-state index contributed by atoms with van der Waals surface area (Å²) in [5.74, 6) is 0.822. The molecule has 0 unspecified atom stereocenters. The average Bonchev–Trinajstić information content (AvgIpc) is 3.19. The first kappa shape index (κ1) is 17.8. The molecule has 5 heteroatoms. The van der Waals surface area contributed by atoms with Crippen LogP contribution in [0.25, 0.3) is 6.08 Å². The lowest BCUT2D eigenvalue weighted by molar-refractivity contribution is -0.114. The minimum absolute atomic E-state index is 0.125. The number of nitrogens with zero attached hydrogens (tertiary/aromatic N) is 1. The second kappa shape index (κ2) is 8.36. The highest BCUT2D eigenvalue weighted by Crippen LogP contribution is 2.23. The maximum Gasteiger partial charge on any atom is 0.251 e. The van der Waals surface area contributed by atoms with E-state index in [1.807, 2.05) is 41.8 Å². The number of phenolic OH excluding ortho intramolecular Hbond substituents is 1. The van der Waals surface area contributed by atoms with E-state index in [9.17, 15) is 9.90 Å². The normalized spacial score (nSPS) is 10.8. The molecule has 26 heavy (non-hydrogen) atoms. The average molecular weight is 365 g/mol. The van der Waals surface area contributed by atoms with Gasteiger partial charge in [-0.3, -0.25) is 4.79 Å². The molecule has 0 fully saturated rings. The van der Waals surface area contributed by atoms with Gasteiger partial charge in [0, 0.05) is 16.6 Å². The molecule has 1 N–H and O–H groups in total. The van der Waals surface area contributed by atoms with Gasteiger partial charge < -0.3 is 14.7 Å². The maximum absolute atomic E-state index is 12.8. The summed E-state index contributed by atoms with van der Waals surface area (Å²) >= 11 is 1.60. The maximum atomic E-state index is 12.8. The Hall–Kier alpha value is -3.05. The molecule has 0 aliphatic heterocycles. The number of carbonyl (C=O) groups is 1. The molecular weight excluding hydrogens is 346 g/mol. The summed E-state index contributed by atoms with van der Waals surface area (Å²) in [7, 11) is 1.62. The van der Waals surface area contributed by atoms with Crippen molar-refractivity contribution in [2.75, 3.05) is 12.0 Å². The van der Waals surface area contributed by atoms with Crippen LogP contribution in [-0.2, 0) is 11.3 Å². The van der Waals surface area contributed by atoms with Gasteiger partial charge in [-0.2, -0.15) is 0 Å². The van der Waals surface area contributed by atoms with Crippen LogP contribution in [0.5, 0.6) is 11.5 Å². The fourth-order valence-electron chi connectivity index (χ4n) is 2.46. The largest absolute Gasteiger partial charge is 0.508 e. The molecule has 1 aromatic heterocycles. The van der Waals surface area contributed by atoms with Crippen molar-refractivity contribution < 1.29 is 14.6 Å². The first-order valence-electron chi connectivity index (χ1n) is 8.11. The number of hydrogen-bond acceptors (Lipinski definition) is 4. The van der Waals surface area contributed by atoms with Crippen LogP contribution in [0.15, 0.2) is 72.1 Å². The van der Waals surface area contributed by atoms with Gasteiger partial charge in [-0.05, 0) is 59.5 Å². The van der Waals surface area contributed by atoms with Crippen LogP contribution in [0.2, 0.25) is 0 Å². The molecule has 3 rings (SSSR count). The summed E-state index contributed by atoms with van der Waals surface area (Å²) in [5, 5.41) is 11.5. The quantitative estimate of drug-likeness (QED) is 0.644. The number of benzene rings is 2. The number of ether oxygens (including phenoxy) is 1. The van der Waals surface area contributed by atoms with E-state index in [1.54, 1.807) is 59.8 Å². The Morgan fingerprint density at radius 1 is 1.12 bits per heavy atom. The van der Waals surface area contributed by atoms with Crippen LogP contribution < -0.4 is 9.64 Å². The molecule has 0 radical (unpaired) electrons. The van der Waals surface area contributed by atoms with Gasteiger partial charge >= 0.3 is 0 Å². The zero-order chi connectivity index (χ0) is 18.4. The number of anilines is 1. The molecule has 0 atom stereocenters. The van der Waals surface area contributed by atoms with Crippen molar-refractivity contribution >= 4 is 29.0 Å². The molecule has 0 spiro atoms. The predicted molar refractivity (Wildman–Crippen MR) is 106 cm³/mol. The second-order valence-corrected chi connectivity index (χ2v) is 6.66. The highest BCUT2D eigenvalue weighted by molar-refractivity contribution is 7.09. The van der Waals surface area contributed by atoms with Gasteiger partial charge in [0.25, 0.3) is 5.91 Å². The Bertz CT molecular complexity index is 869. The van der Waals surface area contributed by atoms with Gasteiger partial charge in [-0.1, -0.05) is 18.2 Å². The smallest absolute Gasteiger partial charge is 0.251 e. The van der Waals surface area contributed by atoms with Crippen molar-refractivity contribution in [1.82, 2.24) is 0 Å². The fourth-order valence-corrected chi connectivity index (χ4v) is 3.15. The minimum Gasteiger partial charge on any atom is -0.508 e. The van der Waals surface area contributed by atoms with Crippen molar-refractivity contribution in [2.45, 2.75) is 6.54 Å². The van der Waals surface area contributed by atoms with E-state index in [1.165, 1.54) is 0 Å². The molecule has 132 valence electrons. The van der Waals surface area contributed by atoms with Gasteiger partial charge in [0.15, 0.2) is 0 Å². The Balaban J connectivity index is 1.81. The van der Waals surface area contributed by atoms with Crippen LogP contribution in [0.3, 0.4) is 0 Å². The topological polar surface area (TPSA) is 49.8 Å². The Morgan fingerprint density at radius 2 is 1.85 bits per heavy atom. The highest BCUT2D eigenvalue weighted by atomic mass is 32.1. The van der Waals surface area contributed by atoms with Crippen molar-refractivity contribution in [2.24, 2.45) is 0 Å². The SMILES string of the molecule is COc1ccc(C=CC(=O)N(Cc2cccs2)c2ccc(O)cc2)cc1. The molecule has 4 nitrogen and oxygen atoms in total. The predicted octanol–water partition coefficient (Wildman–Crippen LogP) is 4.71. The number of rotatable bonds is 6. The monoisotopic (exact) mass is 365 g/mol. The standard InChI is InChI=1S/C21H19NO3S/c1-25-19-11-4-16(5-12-19)6-13-21(24)22(15-20-3-2-14-26-20)17-7-9-18(23)10-8-17/h2-14,23H,15H2,1H3. The molecular formula is C21H19NO3S. The van der Waals surface area contributed by atoms with E-state index in [0.717, 1.165) is 21.9 Å². The minimum atomic E-state index is -0.125. The summed E-state index contributed by atoms with van der Waals surface area (Å²) in [6, 6.07) is 18.1. The van der Waals surface area contributed by atoms with Gasteiger partial charge in [0.2, 0.25) is 0 Å². The first-order valence-corrected chi connectivity index (χ1v) is 8.99. The van der Waals surface area contributed by atoms with Crippen LogP contribution in [0.4, 0.5) is 5.69 Å². The second-order valence-electron chi connectivity index (χ2n) is 5.63. The third kappa shape index (κ3) is 4.52. The van der Waals surface area contributed by atoms with Crippen molar-refractivity contribution in [3.05, 3.63) is 82.6 Å². The zero-order valence-electron chi connectivity index (χ0n) is 14.3. The number of carbonyl (C=O) groups excluding carboxylic acids is 1. The Kier molecular flexibility index (Phi) is 5.71. The highest BCUT2D eigenvalue weighted by Gasteiger charge is 2.14. The van der Waals surface area contributed by atoms with E-state index in [4.69, 9.17) is 4.74 Å². The van der Waals surface area contributed by atoms with Crippen molar-refractivity contribution in [1.29, 1.82) is 0 Å². The summed E-state index contributed by atoms with van der Waals surface area (Å²) in [5.41, 5.74) is 1.65. The molecule has 0 saturated heterocycles. The zero-order valence-corrected chi connectivity index (χ0v) is 15.1. The summed E-state index contributed by atoms with van der Waals surface area (Å²) in [6.07, 6.45) is 3.34. The molecule has 2 aromatic carbocycles. The van der Waals surface area contributed by atoms with E-state index in [2.05, 4.69) is 0 Å². The molecule has 3 aromatic rings. The molecule has 0 aliphatic rings. The van der Waals surface area contributed by atoms with Crippen molar-refractivity contribution in [3.8, 4) is 11.5 Å². The van der Waals surface area contributed by atoms with Crippen LogP contribution in [-0.4, -0.2) is 18.1 Å². The van der Waals surface area contributed by atoms with E-state index >= 15 is 0 Å². The summed E-state index contributed by atoms with van der Waals surface area (Å²) in [6.45, 7) is 0.480. The lowest BCUT2D eigenvalue weighted by Crippen LogP contribution is -2.28. The van der Waals surface area contributed by atoms with E-state index in [-0.39, 0.29) is 11.7 Å². The third-order valence-corrected chi connectivity index (χ3v) is 4.72. The number of hydrogen-bond donors (Lipinski definition) is 1. The molecule has 0 aliphatic carbocycles. The summed E-state index contributed by atoms with van der Waals surface area (Å²) in [4.78, 5) is 15.6. The molecule has 0 saturated carbocycles. The lowest BCUT2D eigenvalue weighted by Gasteiger charge is -2.21. The Morgan fingerprint density at radius 3 is 2.46 bits per heavy atom. The van der Waals surface area contributed by atoms with Crippen LogP contribution in [0, 0.1) is 0 Å². The number of methoxy groups -OCH3 is 1. The van der Waals surface area contributed by atoms with Gasteiger partial charge in [-0.15, -0.1) is 11.3 Å². The van der Waals surface area contributed by atoms with Gasteiger partial charge in [-0.25, -0.2) is 0 Å². The van der Waals surface area contributed by atoms with Crippen molar-refractivity contribution in [3.63, 3.8) is 0 Å². The number of phenols is 1. The lowest BCUT2D eigenvalue weighted by atomic mass is 10.2. The van der Waals surface area contributed by atoms with Gasteiger partial charge in [0.1, 0.15) is 11.5 Å². The molecule has 1 amide bonds. The van der Waals surface area contributed by atoms with Gasteiger partial charge in [0.05, 0.1) is 13.7 Å². The number of thiophene rings is 1. The number of amides is 1. The fraction of sp³-hybridized carbons (Fsp3) is 0.0952. The summed E-state index contributed by atoms with van der Waals surface area (Å²) < 4.78 is 5.14. The molecule has 1 heterocycles. The van der Waals surface area contributed by atoms with E-state index in [0.29, 0.717) is 6.54 Å². The number of aromatic hydroxyl groups is 1. The van der Waals surface area contributed by atoms with E-state index < -0.39 is 0 Å². The molecule has 0 bridgehead atoms. The van der Waals surface area contributed by atoms with Crippen LogP contribution >= 0.6 is 11.3 Å². The Labute approximate surface area is 156 Å². The van der Waals surface area contributed by atoms with Crippen LogP contribution in [0.1, 0.15) is 10.4 Å². The third-order valence-electron chi connectivity index (χ3n) is 3.86.